The highest BCUT2D eigenvalue weighted by atomic mass is 19.1. The molecule has 0 aromatic heterocycles. The lowest BCUT2D eigenvalue weighted by molar-refractivity contribution is 0.198. The van der Waals surface area contributed by atoms with E-state index in [0.29, 0.717) is 0 Å². The number of benzene rings is 1. The molecular weight excluding hydrogens is 143 g/mol. The summed E-state index contributed by atoms with van der Waals surface area (Å²) in [5.41, 5.74) is 1.58. The van der Waals surface area contributed by atoms with Crippen molar-refractivity contribution in [2.45, 2.75) is 20.0 Å². The van der Waals surface area contributed by atoms with Gasteiger partial charge in [0.05, 0.1) is 6.10 Å². The van der Waals surface area contributed by atoms with Crippen LogP contribution in [0.1, 0.15) is 24.2 Å². The van der Waals surface area contributed by atoms with Crippen molar-refractivity contribution in [3.05, 3.63) is 35.1 Å². The minimum Gasteiger partial charge on any atom is -0.389 e. The smallest absolute Gasteiger partial charge is 0.123 e. The third-order valence-corrected chi connectivity index (χ3v) is 1.68. The lowest BCUT2D eigenvalue weighted by atomic mass is 10.0. The van der Waals surface area contributed by atoms with Crippen LogP contribution in [0.25, 0.3) is 0 Å². The van der Waals surface area contributed by atoms with Gasteiger partial charge in [0.2, 0.25) is 0 Å². The molecule has 0 amide bonds. The van der Waals surface area contributed by atoms with Gasteiger partial charge < -0.3 is 5.11 Å². The van der Waals surface area contributed by atoms with Gasteiger partial charge in [-0.05, 0) is 37.1 Å². The molecular formula is C9H11FO. The zero-order chi connectivity index (χ0) is 8.43. The first-order chi connectivity index (χ1) is 5.11. The summed E-state index contributed by atoms with van der Waals surface area (Å²) >= 11 is 0. The molecule has 1 nitrogen and oxygen atoms in total. The molecule has 0 aliphatic heterocycles. The summed E-state index contributed by atoms with van der Waals surface area (Å²) in [7, 11) is 0. The lowest BCUT2D eigenvalue weighted by Crippen LogP contribution is -1.94. The molecule has 0 fully saturated rings. The number of hydrogen-bond acceptors (Lipinski definition) is 1. The Morgan fingerprint density at radius 2 is 2.09 bits per heavy atom. The van der Waals surface area contributed by atoms with Crippen LogP contribution < -0.4 is 0 Å². The SMILES string of the molecule is Cc1cc(F)ccc1[C@H](C)O. The zero-order valence-electron chi connectivity index (χ0n) is 6.63. The van der Waals surface area contributed by atoms with Gasteiger partial charge in [0, 0.05) is 0 Å². The number of aliphatic hydroxyl groups is 1. The Bertz CT molecular complexity index is 256. The molecule has 0 heterocycles. The Kier molecular flexibility index (Phi) is 2.25. The van der Waals surface area contributed by atoms with Gasteiger partial charge in [0.15, 0.2) is 0 Å². The molecule has 0 saturated carbocycles. The summed E-state index contributed by atoms with van der Waals surface area (Å²) in [4.78, 5) is 0. The standard InChI is InChI=1S/C9H11FO/c1-6-5-8(10)3-4-9(6)7(2)11/h3-5,7,11H,1-2H3/t7-/m0/s1. The molecule has 1 rings (SSSR count). The number of aryl methyl sites for hydroxylation is 1. The van der Waals surface area contributed by atoms with E-state index in [9.17, 15) is 9.50 Å². The van der Waals surface area contributed by atoms with Crippen LogP contribution in [-0.2, 0) is 0 Å². The van der Waals surface area contributed by atoms with Crippen molar-refractivity contribution < 1.29 is 9.50 Å². The molecule has 0 aliphatic carbocycles. The molecule has 2 heteroatoms. The van der Waals surface area contributed by atoms with Crippen molar-refractivity contribution in [1.29, 1.82) is 0 Å². The van der Waals surface area contributed by atoms with Crippen molar-refractivity contribution in [3.8, 4) is 0 Å². The molecule has 1 aromatic rings. The number of hydrogen-bond donors (Lipinski definition) is 1. The molecule has 0 bridgehead atoms. The summed E-state index contributed by atoms with van der Waals surface area (Å²) in [5, 5.41) is 9.17. The van der Waals surface area contributed by atoms with Gasteiger partial charge in [-0.15, -0.1) is 0 Å². The maximum Gasteiger partial charge on any atom is 0.123 e. The van der Waals surface area contributed by atoms with E-state index in [4.69, 9.17) is 0 Å². The van der Waals surface area contributed by atoms with E-state index >= 15 is 0 Å². The number of halogens is 1. The topological polar surface area (TPSA) is 20.2 Å². The van der Waals surface area contributed by atoms with Crippen LogP contribution in [0.2, 0.25) is 0 Å². The minimum atomic E-state index is -0.518. The average Bonchev–Trinajstić information content (AvgIpc) is 1.85. The summed E-state index contributed by atoms with van der Waals surface area (Å²) < 4.78 is 12.5. The Labute approximate surface area is 65.5 Å². The largest absolute Gasteiger partial charge is 0.389 e. The molecule has 1 N–H and O–H groups in total. The molecule has 60 valence electrons. The Balaban J connectivity index is 3.09. The molecule has 1 atom stereocenters. The first-order valence-corrected chi connectivity index (χ1v) is 3.55. The maximum absolute atomic E-state index is 12.5. The Morgan fingerprint density at radius 1 is 1.45 bits per heavy atom. The predicted molar refractivity (Wildman–Crippen MR) is 41.8 cm³/mol. The van der Waals surface area contributed by atoms with Crippen LogP contribution in [0.4, 0.5) is 4.39 Å². The first kappa shape index (κ1) is 8.21. The van der Waals surface area contributed by atoms with Gasteiger partial charge >= 0.3 is 0 Å². The third-order valence-electron chi connectivity index (χ3n) is 1.68. The quantitative estimate of drug-likeness (QED) is 0.657. The second-order valence-electron chi connectivity index (χ2n) is 2.68. The monoisotopic (exact) mass is 154 g/mol. The van der Waals surface area contributed by atoms with Gasteiger partial charge in [0.25, 0.3) is 0 Å². The van der Waals surface area contributed by atoms with Crippen LogP contribution in [0.5, 0.6) is 0 Å². The summed E-state index contributed by atoms with van der Waals surface area (Å²) in [6.45, 7) is 3.45. The predicted octanol–water partition coefficient (Wildman–Crippen LogP) is 2.19. The Morgan fingerprint density at radius 3 is 2.55 bits per heavy atom. The normalized spacial score (nSPS) is 13.1. The van der Waals surface area contributed by atoms with Crippen molar-refractivity contribution in [3.63, 3.8) is 0 Å². The first-order valence-electron chi connectivity index (χ1n) is 3.55. The van der Waals surface area contributed by atoms with Gasteiger partial charge in [-0.25, -0.2) is 4.39 Å². The van der Waals surface area contributed by atoms with E-state index < -0.39 is 6.10 Å². The van der Waals surface area contributed by atoms with E-state index in [0.717, 1.165) is 11.1 Å². The highest BCUT2D eigenvalue weighted by Crippen LogP contribution is 2.17. The zero-order valence-corrected chi connectivity index (χ0v) is 6.63. The highest BCUT2D eigenvalue weighted by molar-refractivity contribution is 5.27. The third kappa shape index (κ3) is 1.77. The fraction of sp³-hybridized carbons (Fsp3) is 0.333. The fourth-order valence-electron chi connectivity index (χ4n) is 1.11. The van der Waals surface area contributed by atoms with Gasteiger partial charge in [-0.1, -0.05) is 6.07 Å². The van der Waals surface area contributed by atoms with Crippen LogP contribution in [-0.4, -0.2) is 5.11 Å². The van der Waals surface area contributed by atoms with Crippen LogP contribution in [0.3, 0.4) is 0 Å². The van der Waals surface area contributed by atoms with Gasteiger partial charge in [-0.2, -0.15) is 0 Å². The Hall–Kier alpha value is -0.890. The van der Waals surface area contributed by atoms with Crippen LogP contribution in [0.15, 0.2) is 18.2 Å². The molecule has 0 radical (unpaired) electrons. The second-order valence-corrected chi connectivity index (χ2v) is 2.68. The molecule has 0 saturated heterocycles. The average molecular weight is 154 g/mol. The number of aliphatic hydroxyl groups excluding tert-OH is 1. The lowest BCUT2D eigenvalue weighted by Gasteiger charge is -2.07. The van der Waals surface area contributed by atoms with E-state index in [1.807, 2.05) is 0 Å². The number of rotatable bonds is 1. The molecule has 1 aromatic carbocycles. The summed E-state index contributed by atoms with van der Waals surface area (Å²) in [5.74, 6) is -0.257. The van der Waals surface area contributed by atoms with E-state index in [1.54, 1.807) is 19.9 Å². The molecule has 0 aliphatic rings. The minimum absolute atomic E-state index is 0.257. The molecule has 0 unspecified atom stereocenters. The van der Waals surface area contributed by atoms with Crippen molar-refractivity contribution in [2.24, 2.45) is 0 Å². The van der Waals surface area contributed by atoms with Crippen LogP contribution >= 0.6 is 0 Å². The molecule has 0 spiro atoms. The van der Waals surface area contributed by atoms with E-state index in [2.05, 4.69) is 0 Å². The van der Waals surface area contributed by atoms with Gasteiger partial charge in [-0.3, -0.25) is 0 Å². The van der Waals surface area contributed by atoms with E-state index in [1.165, 1.54) is 12.1 Å². The fourth-order valence-corrected chi connectivity index (χ4v) is 1.11. The van der Waals surface area contributed by atoms with Crippen molar-refractivity contribution in [2.75, 3.05) is 0 Å². The van der Waals surface area contributed by atoms with Crippen LogP contribution in [0, 0.1) is 12.7 Å². The molecule has 11 heavy (non-hydrogen) atoms. The summed E-state index contributed by atoms with van der Waals surface area (Å²) in [6.07, 6.45) is -0.518. The second kappa shape index (κ2) is 3.01. The van der Waals surface area contributed by atoms with Crippen molar-refractivity contribution in [1.82, 2.24) is 0 Å². The highest BCUT2D eigenvalue weighted by Gasteiger charge is 2.04. The van der Waals surface area contributed by atoms with E-state index in [-0.39, 0.29) is 5.82 Å². The maximum atomic E-state index is 12.5. The van der Waals surface area contributed by atoms with Gasteiger partial charge in [0.1, 0.15) is 5.82 Å². The van der Waals surface area contributed by atoms with Crippen molar-refractivity contribution >= 4 is 0 Å². The summed E-state index contributed by atoms with van der Waals surface area (Å²) in [6, 6.07) is 4.38.